The van der Waals surface area contributed by atoms with Crippen LogP contribution in [0.3, 0.4) is 0 Å². The second-order valence-electron chi connectivity index (χ2n) is 4.84. The van der Waals surface area contributed by atoms with Crippen LogP contribution >= 0.6 is 11.8 Å². The van der Waals surface area contributed by atoms with E-state index < -0.39 is 0 Å². The molecule has 0 aliphatic carbocycles. The minimum atomic E-state index is 0.771. The molecule has 0 saturated carbocycles. The van der Waals surface area contributed by atoms with E-state index in [1.54, 1.807) is 6.20 Å². The van der Waals surface area contributed by atoms with Gasteiger partial charge < -0.3 is 10.3 Å². The summed E-state index contributed by atoms with van der Waals surface area (Å²) in [7, 11) is 0. The van der Waals surface area contributed by atoms with Gasteiger partial charge in [0.15, 0.2) is 5.16 Å². The van der Waals surface area contributed by atoms with Crippen molar-refractivity contribution in [2.45, 2.75) is 49.3 Å². The molecule has 1 aliphatic heterocycles. The summed E-state index contributed by atoms with van der Waals surface area (Å²) in [6, 6.07) is 1.90. The molecule has 2 aromatic rings. The third-order valence-corrected chi connectivity index (χ3v) is 4.31. The summed E-state index contributed by atoms with van der Waals surface area (Å²) in [6.45, 7) is 2.96. The molecule has 0 unspecified atom stereocenters. The van der Waals surface area contributed by atoms with Crippen molar-refractivity contribution in [2.75, 3.05) is 5.73 Å². The van der Waals surface area contributed by atoms with Crippen molar-refractivity contribution < 1.29 is 0 Å². The normalized spacial score (nSPS) is 15.0. The van der Waals surface area contributed by atoms with Gasteiger partial charge in [0.2, 0.25) is 0 Å². The maximum atomic E-state index is 5.92. The second kappa shape index (κ2) is 5.21. The first-order chi connectivity index (χ1) is 9.24. The molecule has 5 nitrogen and oxygen atoms in total. The highest BCUT2D eigenvalue weighted by molar-refractivity contribution is 7.99. The predicted molar refractivity (Wildman–Crippen MR) is 75.1 cm³/mol. The van der Waals surface area contributed by atoms with Gasteiger partial charge in [0.25, 0.3) is 0 Å². The summed E-state index contributed by atoms with van der Waals surface area (Å²) >= 11 is 1.54. The van der Waals surface area contributed by atoms with Crippen LogP contribution in [0.25, 0.3) is 0 Å². The number of aromatic nitrogens is 4. The standard InChI is InChI=1S/C13H17N5S/c1-9-8-15-12(7-10(9)14)19-13-17-16-11-5-3-2-4-6-18(11)13/h7-8H,2-6H2,1H3,(H2,14,15). The minimum Gasteiger partial charge on any atom is -0.398 e. The predicted octanol–water partition coefficient (Wildman–Crippen LogP) is 2.44. The Morgan fingerprint density at radius 3 is 3.00 bits per heavy atom. The van der Waals surface area contributed by atoms with Crippen molar-refractivity contribution in [2.24, 2.45) is 0 Å². The van der Waals surface area contributed by atoms with Crippen LogP contribution in [0.2, 0.25) is 0 Å². The first-order valence-electron chi connectivity index (χ1n) is 6.56. The summed E-state index contributed by atoms with van der Waals surface area (Å²) in [5.74, 6) is 1.10. The Bertz CT molecular complexity index is 593. The second-order valence-corrected chi connectivity index (χ2v) is 5.83. The Labute approximate surface area is 116 Å². The molecule has 3 heterocycles. The largest absolute Gasteiger partial charge is 0.398 e. The molecule has 1 aliphatic rings. The lowest BCUT2D eigenvalue weighted by Gasteiger charge is -2.06. The highest BCUT2D eigenvalue weighted by Gasteiger charge is 2.16. The Balaban J connectivity index is 1.87. The van der Waals surface area contributed by atoms with Crippen molar-refractivity contribution in [3.8, 4) is 0 Å². The summed E-state index contributed by atoms with van der Waals surface area (Å²) in [5, 5.41) is 10.4. The minimum absolute atomic E-state index is 0.771. The Morgan fingerprint density at radius 1 is 1.26 bits per heavy atom. The molecular formula is C13H17N5S. The highest BCUT2D eigenvalue weighted by atomic mass is 32.2. The van der Waals surface area contributed by atoms with E-state index in [0.29, 0.717) is 0 Å². The number of hydrogen-bond donors (Lipinski definition) is 1. The summed E-state index contributed by atoms with van der Waals surface area (Å²) in [5.41, 5.74) is 7.69. The molecule has 0 bridgehead atoms. The first-order valence-corrected chi connectivity index (χ1v) is 7.38. The zero-order chi connectivity index (χ0) is 13.2. The summed E-state index contributed by atoms with van der Waals surface area (Å²) in [6.07, 6.45) is 6.50. The number of rotatable bonds is 2. The summed E-state index contributed by atoms with van der Waals surface area (Å²) in [4.78, 5) is 4.39. The molecule has 0 fully saturated rings. The van der Waals surface area contributed by atoms with Gasteiger partial charge in [-0.15, -0.1) is 10.2 Å². The van der Waals surface area contributed by atoms with E-state index in [-0.39, 0.29) is 0 Å². The molecule has 3 rings (SSSR count). The number of nitrogens with two attached hydrogens (primary N) is 1. The van der Waals surface area contributed by atoms with Crippen LogP contribution in [0.15, 0.2) is 22.4 Å². The number of pyridine rings is 1. The SMILES string of the molecule is Cc1cnc(Sc2nnc3n2CCCCC3)cc1N. The third-order valence-electron chi connectivity index (χ3n) is 3.39. The average molecular weight is 275 g/mol. The summed E-state index contributed by atoms with van der Waals surface area (Å²) < 4.78 is 2.22. The van der Waals surface area contributed by atoms with E-state index in [1.165, 1.54) is 31.0 Å². The van der Waals surface area contributed by atoms with Crippen LogP contribution < -0.4 is 5.73 Å². The van der Waals surface area contributed by atoms with Gasteiger partial charge in [-0.25, -0.2) is 4.98 Å². The van der Waals surface area contributed by atoms with Crippen molar-refractivity contribution >= 4 is 17.4 Å². The van der Waals surface area contributed by atoms with Gasteiger partial charge in [0, 0.05) is 24.8 Å². The van der Waals surface area contributed by atoms with Crippen molar-refractivity contribution in [3.05, 3.63) is 23.7 Å². The smallest absolute Gasteiger partial charge is 0.197 e. The van der Waals surface area contributed by atoms with E-state index in [0.717, 1.165) is 40.2 Å². The third kappa shape index (κ3) is 2.58. The van der Waals surface area contributed by atoms with Crippen molar-refractivity contribution in [1.29, 1.82) is 0 Å². The molecular weight excluding hydrogens is 258 g/mol. The van der Waals surface area contributed by atoms with Gasteiger partial charge in [0.05, 0.1) is 0 Å². The molecule has 0 radical (unpaired) electrons. The molecule has 6 heteroatoms. The van der Waals surface area contributed by atoms with Crippen LogP contribution in [-0.4, -0.2) is 19.7 Å². The topological polar surface area (TPSA) is 69.6 Å². The number of nitrogen functional groups attached to an aromatic ring is 1. The number of anilines is 1. The fraction of sp³-hybridized carbons (Fsp3) is 0.462. The van der Waals surface area contributed by atoms with E-state index in [9.17, 15) is 0 Å². The van der Waals surface area contributed by atoms with E-state index >= 15 is 0 Å². The molecule has 2 N–H and O–H groups in total. The Kier molecular flexibility index (Phi) is 3.42. The zero-order valence-electron chi connectivity index (χ0n) is 11.0. The Hall–Kier alpha value is -1.56. The Morgan fingerprint density at radius 2 is 2.16 bits per heavy atom. The maximum absolute atomic E-state index is 5.92. The molecule has 100 valence electrons. The van der Waals surface area contributed by atoms with Gasteiger partial charge in [-0.05, 0) is 43.2 Å². The number of aryl methyl sites for hydroxylation is 2. The first kappa shape index (κ1) is 12.5. The molecule has 19 heavy (non-hydrogen) atoms. The monoisotopic (exact) mass is 275 g/mol. The lowest BCUT2D eigenvalue weighted by Crippen LogP contribution is -2.02. The molecule has 0 atom stereocenters. The molecule has 2 aromatic heterocycles. The molecule has 0 saturated heterocycles. The van der Waals surface area contributed by atoms with Gasteiger partial charge >= 0.3 is 0 Å². The van der Waals surface area contributed by atoms with Crippen LogP contribution in [-0.2, 0) is 13.0 Å². The van der Waals surface area contributed by atoms with Crippen LogP contribution in [0.4, 0.5) is 5.69 Å². The highest BCUT2D eigenvalue weighted by Crippen LogP contribution is 2.28. The van der Waals surface area contributed by atoms with Gasteiger partial charge in [-0.3, -0.25) is 0 Å². The van der Waals surface area contributed by atoms with Crippen LogP contribution in [0, 0.1) is 6.92 Å². The molecule has 0 aromatic carbocycles. The van der Waals surface area contributed by atoms with Gasteiger partial charge in [0.1, 0.15) is 10.9 Å². The maximum Gasteiger partial charge on any atom is 0.197 e. The fourth-order valence-corrected chi connectivity index (χ4v) is 3.07. The lowest BCUT2D eigenvalue weighted by atomic mass is 10.2. The number of nitrogens with zero attached hydrogens (tertiary/aromatic N) is 4. The lowest BCUT2D eigenvalue weighted by molar-refractivity contribution is 0.590. The zero-order valence-corrected chi connectivity index (χ0v) is 11.8. The number of fused-ring (bicyclic) bond motifs is 1. The van der Waals surface area contributed by atoms with Crippen LogP contribution in [0.1, 0.15) is 30.7 Å². The fourth-order valence-electron chi connectivity index (χ4n) is 2.20. The number of hydrogen-bond acceptors (Lipinski definition) is 5. The van der Waals surface area contributed by atoms with E-state index in [1.807, 2.05) is 13.0 Å². The van der Waals surface area contributed by atoms with Gasteiger partial charge in [-0.2, -0.15) is 0 Å². The van der Waals surface area contributed by atoms with Gasteiger partial charge in [-0.1, -0.05) is 6.42 Å². The average Bonchev–Trinajstić information content (AvgIpc) is 2.63. The van der Waals surface area contributed by atoms with E-state index in [2.05, 4.69) is 19.7 Å². The van der Waals surface area contributed by atoms with Crippen molar-refractivity contribution in [3.63, 3.8) is 0 Å². The molecule has 0 spiro atoms. The van der Waals surface area contributed by atoms with E-state index in [4.69, 9.17) is 5.73 Å². The van der Waals surface area contributed by atoms with Crippen LogP contribution in [0.5, 0.6) is 0 Å². The van der Waals surface area contributed by atoms with Crippen molar-refractivity contribution in [1.82, 2.24) is 19.7 Å². The molecule has 0 amide bonds. The quantitative estimate of drug-likeness (QED) is 0.911.